The second-order valence-electron chi connectivity index (χ2n) is 7.07. The van der Waals surface area contributed by atoms with Crippen molar-refractivity contribution in [2.75, 3.05) is 23.1 Å². The molecule has 1 heterocycles. The van der Waals surface area contributed by atoms with Gasteiger partial charge in [0.1, 0.15) is 11.1 Å². The lowest BCUT2D eigenvalue weighted by molar-refractivity contribution is -0.115. The Labute approximate surface area is 180 Å². The Bertz CT molecular complexity index is 1080. The van der Waals surface area contributed by atoms with Crippen LogP contribution in [0.2, 0.25) is 0 Å². The number of thioether (sulfide) groups is 1. The first kappa shape index (κ1) is 20.0. The molecule has 4 rings (SSSR count). The molecule has 1 aliphatic rings. The molecule has 1 atom stereocenters. The van der Waals surface area contributed by atoms with E-state index in [1.54, 1.807) is 23.8 Å². The number of hydrogen-bond acceptors (Lipinski definition) is 4. The van der Waals surface area contributed by atoms with Crippen molar-refractivity contribution in [1.29, 1.82) is 0 Å². The molecule has 0 aliphatic carbocycles. The molecule has 0 unspecified atom stereocenters. The van der Waals surface area contributed by atoms with Crippen LogP contribution in [0.3, 0.4) is 0 Å². The minimum atomic E-state index is -0.166. The zero-order chi connectivity index (χ0) is 21.1. The molecule has 3 aromatic carbocycles. The molecule has 1 fully saturated rings. The first-order chi connectivity index (χ1) is 14.5. The Morgan fingerprint density at radius 1 is 1.07 bits per heavy atom. The summed E-state index contributed by atoms with van der Waals surface area (Å²) in [6, 6.07) is 22.6. The Kier molecular flexibility index (Phi) is 5.77. The lowest BCUT2D eigenvalue weighted by Gasteiger charge is -2.25. The Morgan fingerprint density at radius 3 is 2.60 bits per heavy atom. The third kappa shape index (κ3) is 4.19. The minimum Gasteiger partial charge on any atom is -0.497 e. The van der Waals surface area contributed by atoms with Crippen LogP contribution in [0.1, 0.15) is 26.9 Å². The number of rotatable bonds is 5. The highest BCUT2D eigenvalue weighted by Crippen LogP contribution is 2.42. The van der Waals surface area contributed by atoms with Crippen LogP contribution >= 0.6 is 11.8 Å². The number of nitrogens with zero attached hydrogens (tertiary/aromatic N) is 1. The van der Waals surface area contributed by atoms with Gasteiger partial charge in [-0.15, -0.1) is 11.8 Å². The van der Waals surface area contributed by atoms with Crippen molar-refractivity contribution in [2.24, 2.45) is 0 Å². The minimum absolute atomic E-state index is 0.0485. The highest BCUT2D eigenvalue weighted by molar-refractivity contribution is 8.00. The van der Waals surface area contributed by atoms with Gasteiger partial charge >= 0.3 is 0 Å². The van der Waals surface area contributed by atoms with E-state index in [1.807, 2.05) is 79.7 Å². The van der Waals surface area contributed by atoms with Gasteiger partial charge in [-0.2, -0.15) is 0 Å². The molecule has 6 heteroatoms. The normalized spacial score (nSPS) is 15.9. The Hall–Kier alpha value is -3.25. The van der Waals surface area contributed by atoms with E-state index in [0.29, 0.717) is 22.8 Å². The van der Waals surface area contributed by atoms with E-state index >= 15 is 0 Å². The molecular weight excluding hydrogens is 396 g/mol. The molecule has 30 heavy (non-hydrogen) atoms. The number of carbonyl (C=O) groups excluding carboxylic acids is 2. The van der Waals surface area contributed by atoms with Gasteiger partial charge in [-0.05, 0) is 48.9 Å². The topological polar surface area (TPSA) is 58.6 Å². The SMILES string of the molecule is COc1cccc(N2C(=O)CS[C@H]2c2cccc(NC(=O)c3ccc(C)cc3)c2)c1. The fourth-order valence-corrected chi connectivity index (χ4v) is 4.56. The Balaban J connectivity index is 1.58. The molecule has 1 saturated heterocycles. The van der Waals surface area contributed by atoms with E-state index in [2.05, 4.69) is 5.32 Å². The number of carbonyl (C=O) groups is 2. The van der Waals surface area contributed by atoms with E-state index in [0.717, 1.165) is 16.8 Å². The fraction of sp³-hybridized carbons (Fsp3) is 0.167. The molecule has 5 nitrogen and oxygen atoms in total. The number of anilines is 2. The van der Waals surface area contributed by atoms with E-state index < -0.39 is 0 Å². The molecule has 152 valence electrons. The lowest BCUT2D eigenvalue weighted by Crippen LogP contribution is -2.27. The molecule has 3 aromatic rings. The summed E-state index contributed by atoms with van der Waals surface area (Å²) < 4.78 is 5.31. The quantitative estimate of drug-likeness (QED) is 0.631. The van der Waals surface area contributed by atoms with Gasteiger partial charge in [0.25, 0.3) is 5.91 Å². The monoisotopic (exact) mass is 418 g/mol. The fourth-order valence-electron chi connectivity index (χ4n) is 3.39. The number of benzene rings is 3. The molecule has 1 N–H and O–H groups in total. The van der Waals surface area contributed by atoms with E-state index in [1.165, 1.54) is 0 Å². The third-order valence-electron chi connectivity index (χ3n) is 4.94. The summed E-state index contributed by atoms with van der Waals surface area (Å²) in [5.41, 5.74) is 4.16. The molecule has 0 bridgehead atoms. The van der Waals surface area contributed by atoms with Crippen LogP contribution in [-0.2, 0) is 4.79 Å². The van der Waals surface area contributed by atoms with Crippen molar-refractivity contribution in [2.45, 2.75) is 12.3 Å². The summed E-state index contributed by atoms with van der Waals surface area (Å²) in [5.74, 6) is 0.997. The number of amides is 2. The molecule has 1 aliphatic heterocycles. The van der Waals surface area contributed by atoms with Crippen molar-refractivity contribution in [3.8, 4) is 5.75 Å². The number of hydrogen-bond donors (Lipinski definition) is 1. The highest BCUT2D eigenvalue weighted by Gasteiger charge is 2.34. The van der Waals surface area contributed by atoms with Gasteiger partial charge in [-0.3, -0.25) is 14.5 Å². The van der Waals surface area contributed by atoms with E-state index in [4.69, 9.17) is 4.74 Å². The second-order valence-corrected chi connectivity index (χ2v) is 8.14. The summed E-state index contributed by atoms with van der Waals surface area (Å²) in [6.45, 7) is 1.99. The molecule has 0 spiro atoms. The molecule has 0 saturated carbocycles. The van der Waals surface area contributed by atoms with Gasteiger partial charge in [-0.25, -0.2) is 0 Å². The van der Waals surface area contributed by atoms with Gasteiger partial charge in [0.05, 0.1) is 12.9 Å². The van der Waals surface area contributed by atoms with Crippen molar-refractivity contribution < 1.29 is 14.3 Å². The average molecular weight is 419 g/mol. The van der Waals surface area contributed by atoms with Crippen LogP contribution in [0.4, 0.5) is 11.4 Å². The predicted octanol–water partition coefficient (Wildman–Crippen LogP) is 5.03. The van der Waals surface area contributed by atoms with E-state index in [-0.39, 0.29) is 17.2 Å². The van der Waals surface area contributed by atoms with Gasteiger partial charge < -0.3 is 10.1 Å². The van der Waals surface area contributed by atoms with Gasteiger partial charge in [0, 0.05) is 23.0 Å². The molecular formula is C24H22N2O3S. The van der Waals surface area contributed by atoms with Crippen LogP contribution in [0.5, 0.6) is 5.75 Å². The van der Waals surface area contributed by atoms with Crippen LogP contribution in [0, 0.1) is 6.92 Å². The smallest absolute Gasteiger partial charge is 0.255 e. The van der Waals surface area contributed by atoms with Gasteiger partial charge in [0.15, 0.2) is 0 Å². The first-order valence-corrected chi connectivity index (χ1v) is 10.7. The maximum atomic E-state index is 12.6. The van der Waals surface area contributed by atoms with Crippen molar-refractivity contribution in [3.63, 3.8) is 0 Å². The third-order valence-corrected chi connectivity index (χ3v) is 6.16. The van der Waals surface area contributed by atoms with Crippen molar-refractivity contribution in [3.05, 3.63) is 89.5 Å². The first-order valence-electron chi connectivity index (χ1n) is 9.61. The van der Waals surface area contributed by atoms with Crippen LogP contribution < -0.4 is 15.0 Å². The standard InChI is InChI=1S/C24H22N2O3S/c1-16-9-11-17(12-10-16)23(28)25-19-6-3-5-18(13-19)24-26(22(27)15-30-24)20-7-4-8-21(14-20)29-2/h3-14,24H,15H2,1-2H3,(H,25,28)/t24-/m0/s1. The molecule has 2 amide bonds. The average Bonchev–Trinajstić information content (AvgIpc) is 3.16. The summed E-state index contributed by atoms with van der Waals surface area (Å²) >= 11 is 1.57. The van der Waals surface area contributed by atoms with Gasteiger partial charge in [0.2, 0.25) is 5.91 Å². The van der Waals surface area contributed by atoms with Crippen molar-refractivity contribution >= 4 is 35.0 Å². The largest absolute Gasteiger partial charge is 0.497 e. The van der Waals surface area contributed by atoms with E-state index in [9.17, 15) is 9.59 Å². The summed E-state index contributed by atoms with van der Waals surface area (Å²) in [4.78, 5) is 27.0. The number of ether oxygens (including phenoxy) is 1. The highest BCUT2D eigenvalue weighted by atomic mass is 32.2. The molecule has 0 aromatic heterocycles. The number of methoxy groups -OCH3 is 1. The predicted molar refractivity (Wildman–Crippen MR) is 121 cm³/mol. The summed E-state index contributed by atoms with van der Waals surface area (Å²) in [7, 11) is 1.61. The summed E-state index contributed by atoms with van der Waals surface area (Å²) in [6.07, 6.45) is 0. The lowest BCUT2D eigenvalue weighted by atomic mass is 10.1. The van der Waals surface area contributed by atoms with Crippen LogP contribution in [0.25, 0.3) is 0 Å². The Morgan fingerprint density at radius 2 is 1.83 bits per heavy atom. The maximum absolute atomic E-state index is 12.6. The van der Waals surface area contributed by atoms with Crippen molar-refractivity contribution in [1.82, 2.24) is 0 Å². The molecule has 0 radical (unpaired) electrons. The van der Waals surface area contributed by atoms with Crippen LogP contribution in [0.15, 0.2) is 72.8 Å². The summed E-state index contributed by atoms with van der Waals surface area (Å²) in [5, 5.41) is 2.79. The number of aryl methyl sites for hydroxylation is 1. The second kappa shape index (κ2) is 8.63. The van der Waals surface area contributed by atoms with Crippen LogP contribution in [-0.4, -0.2) is 24.7 Å². The number of nitrogens with one attached hydrogen (secondary N) is 1. The zero-order valence-corrected chi connectivity index (χ0v) is 17.6. The maximum Gasteiger partial charge on any atom is 0.255 e. The van der Waals surface area contributed by atoms with Gasteiger partial charge in [-0.1, -0.05) is 35.9 Å². The zero-order valence-electron chi connectivity index (χ0n) is 16.8.